The summed E-state index contributed by atoms with van der Waals surface area (Å²) >= 11 is 0. The molecule has 0 saturated heterocycles. The molecule has 0 saturated carbocycles. The van der Waals surface area contributed by atoms with Crippen molar-refractivity contribution in [2.24, 2.45) is 0 Å². The van der Waals surface area contributed by atoms with Crippen molar-refractivity contribution >= 4 is 0 Å². The standard InChI is InChI=1S/C6H10N2O/c9-6-5-8-3-1-7-2-4-8/h7,9H,1,3,5-6H2. The van der Waals surface area contributed by atoms with E-state index in [0.717, 1.165) is 13.1 Å². The Morgan fingerprint density at radius 2 is 2.56 bits per heavy atom. The maximum absolute atomic E-state index is 8.49. The van der Waals surface area contributed by atoms with Gasteiger partial charge in [0, 0.05) is 31.7 Å². The van der Waals surface area contributed by atoms with Gasteiger partial charge < -0.3 is 15.3 Å². The summed E-state index contributed by atoms with van der Waals surface area (Å²) in [6.45, 7) is 2.66. The van der Waals surface area contributed by atoms with Crippen LogP contribution in [0.25, 0.3) is 0 Å². The quantitative estimate of drug-likeness (QED) is 0.456. The number of nitrogens with zero attached hydrogens (tertiary/aromatic N) is 1. The molecule has 0 amide bonds. The number of aliphatic hydroxyl groups is 1. The minimum absolute atomic E-state index is 0.189. The Morgan fingerprint density at radius 3 is 3.11 bits per heavy atom. The minimum atomic E-state index is 0.189. The van der Waals surface area contributed by atoms with E-state index >= 15 is 0 Å². The topological polar surface area (TPSA) is 35.5 Å². The lowest BCUT2D eigenvalue weighted by Gasteiger charge is -2.18. The van der Waals surface area contributed by atoms with Crippen molar-refractivity contribution in [2.45, 2.75) is 0 Å². The molecular formula is C6H10N2O. The van der Waals surface area contributed by atoms with Crippen LogP contribution in [0.1, 0.15) is 0 Å². The zero-order valence-electron chi connectivity index (χ0n) is 5.22. The van der Waals surface area contributed by atoms with E-state index in [-0.39, 0.29) is 6.61 Å². The molecule has 1 rings (SSSR count). The van der Waals surface area contributed by atoms with Gasteiger partial charge in [-0.2, -0.15) is 0 Å². The first-order valence-corrected chi connectivity index (χ1v) is 3.03. The summed E-state index contributed by atoms with van der Waals surface area (Å²) in [6, 6.07) is 5.57. The first-order chi connectivity index (χ1) is 4.43. The molecule has 0 atom stereocenters. The Hall–Kier alpha value is -0.880. The predicted octanol–water partition coefficient (Wildman–Crippen LogP) is -1.20. The smallest absolute Gasteiger partial charge is 0.0613 e. The van der Waals surface area contributed by atoms with Crippen molar-refractivity contribution in [1.29, 1.82) is 0 Å². The SMILES string of the molecule is OCCN1C#CNCC1. The van der Waals surface area contributed by atoms with Crippen LogP contribution in [-0.2, 0) is 0 Å². The van der Waals surface area contributed by atoms with E-state index in [4.69, 9.17) is 5.11 Å². The minimum Gasteiger partial charge on any atom is -0.395 e. The molecule has 0 fully saturated rings. The fraction of sp³-hybridized carbons (Fsp3) is 0.667. The van der Waals surface area contributed by atoms with Crippen molar-refractivity contribution in [3.8, 4) is 12.1 Å². The first kappa shape index (κ1) is 6.24. The van der Waals surface area contributed by atoms with Gasteiger partial charge in [-0.1, -0.05) is 0 Å². The Morgan fingerprint density at radius 1 is 1.67 bits per heavy atom. The van der Waals surface area contributed by atoms with Gasteiger partial charge in [-0.3, -0.25) is 0 Å². The average Bonchev–Trinajstić information content (AvgIpc) is 1.91. The zero-order valence-corrected chi connectivity index (χ0v) is 5.22. The largest absolute Gasteiger partial charge is 0.395 e. The molecule has 0 aliphatic carbocycles. The Labute approximate surface area is 54.7 Å². The number of rotatable bonds is 2. The molecule has 1 heterocycles. The van der Waals surface area contributed by atoms with Gasteiger partial charge in [-0.05, 0) is 0 Å². The lowest BCUT2D eigenvalue weighted by Crippen LogP contribution is -2.33. The molecule has 50 valence electrons. The lowest BCUT2D eigenvalue weighted by molar-refractivity contribution is 0.242. The normalized spacial score (nSPS) is 15.9. The summed E-state index contributed by atoms with van der Waals surface area (Å²) < 4.78 is 0. The zero-order chi connectivity index (χ0) is 6.53. The second-order valence-corrected chi connectivity index (χ2v) is 1.87. The fourth-order valence-electron chi connectivity index (χ4n) is 0.716. The van der Waals surface area contributed by atoms with Gasteiger partial charge in [-0.15, -0.1) is 0 Å². The van der Waals surface area contributed by atoms with E-state index in [1.165, 1.54) is 0 Å². The van der Waals surface area contributed by atoms with Gasteiger partial charge in [0.05, 0.1) is 6.61 Å². The Bertz CT molecular complexity index is 136. The third-order valence-corrected chi connectivity index (χ3v) is 1.18. The van der Waals surface area contributed by atoms with Crippen LogP contribution in [0.2, 0.25) is 0 Å². The molecular weight excluding hydrogens is 116 g/mol. The molecule has 1 aliphatic heterocycles. The van der Waals surface area contributed by atoms with Gasteiger partial charge >= 0.3 is 0 Å². The maximum atomic E-state index is 8.49. The highest BCUT2D eigenvalue weighted by Crippen LogP contribution is 1.84. The van der Waals surface area contributed by atoms with Crippen molar-refractivity contribution < 1.29 is 5.11 Å². The van der Waals surface area contributed by atoms with E-state index in [1.54, 1.807) is 0 Å². The highest BCUT2D eigenvalue weighted by molar-refractivity contribution is 5.00. The summed E-state index contributed by atoms with van der Waals surface area (Å²) in [5, 5.41) is 11.4. The van der Waals surface area contributed by atoms with E-state index in [9.17, 15) is 0 Å². The third-order valence-electron chi connectivity index (χ3n) is 1.18. The third kappa shape index (κ3) is 1.82. The Balaban J connectivity index is 2.28. The summed E-state index contributed by atoms with van der Waals surface area (Å²) in [7, 11) is 0. The molecule has 2 N–H and O–H groups in total. The van der Waals surface area contributed by atoms with Crippen LogP contribution in [0.15, 0.2) is 0 Å². The van der Waals surface area contributed by atoms with E-state index in [2.05, 4.69) is 17.4 Å². The van der Waals surface area contributed by atoms with Crippen LogP contribution < -0.4 is 5.32 Å². The lowest BCUT2D eigenvalue weighted by atomic mass is 10.4. The maximum Gasteiger partial charge on any atom is 0.0613 e. The van der Waals surface area contributed by atoms with Gasteiger partial charge in [0.1, 0.15) is 0 Å². The molecule has 1 aliphatic rings. The first-order valence-electron chi connectivity index (χ1n) is 3.03. The van der Waals surface area contributed by atoms with Gasteiger partial charge in [-0.25, -0.2) is 0 Å². The second kappa shape index (κ2) is 3.21. The van der Waals surface area contributed by atoms with Crippen LogP contribution in [0, 0.1) is 12.1 Å². The van der Waals surface area contributed by atoms with Crippen LogP contribution >= 0.6 is 0 Å². The van der Waals surface area contributed by atoms with Crippen molar-refractivity contribution in [3.63, 3.8) is 0 Å². The number of hydrogen-bond donors (Lipinski definition) is 2. The Kier molecular flexibility index (Phi) is 2.22. The summed E-state index contributed by atoms with van der Waals surface area (Å²) in [5.41, 5.74) is 0. The highest BCUT2D eigenvalue weighted by atomic mass is 16.3. The van der Waals surface area contributed by atoms with E-state index in [1.807, 2.05) is 4.90 Å². The van der Waals surface area contributed by atoms with Crippen LogP contribution in [0.3, 0.4) is 0 Å². The number of nitrogens with one attached hydrogen (secondary N) is 1. The average molecular weight is 126 g/mol. The fourth-order valence-corrected chi connectivity index (χ4v) is 0.716. The van der Waals surface area contributed by atoms with Crippen LogP contribution in [0.5, 0.6) is 0 Å². The molecule has 9 heavy (non-hydrogen) atoms. The van der Waals surface area contributed by atoms with Crippen LogP contribution in [0.4, 0.5) is 0 Å². The molecule has 0 aromatic carbocycles. The number of aliphatic hydroxyl groups excluding tert-OH is 1. The van der Waals surface area contributed by atoms with Crippen molar-refractivity contribution in [3.05, 3.63) is 0 Å². The van der Waals surface area contributed by atoms with E-state index in [0.29, 0.717) is 6.54 Å². The molecule has 0 aromatic heterocycles. The van der Waals surface area contributed by atoms with Gasteiger partial charge in [0.2, 0.25) is 0 Å². The monoisotopic (exact) mass is 126 g/mol. The highest BCUT2D eigenvalue weighted by Gasteiger charge is 1.99. The molecule has 0 unspecified atom stereocenters. The summed E-state index contributed by atoms with van der Waals surface area (Å²) in [6.07, 6.45) is 0. The molecule has 0 aromatic rings. The van der Waals surface area contributed by atoms with Crippen molar-refractivity contribution in [2.75, 3.05) is 26.2 Å². The molecule has 3 nitrogen and oxygen atoms in total. The molecule has 3 heteroatoms. The number of hydrogen-bond acceptors (Lipinski definition) is 3. The number of β-amino-alcohol motifs (C(OH)–C–C–N with tert-alkyl or cyclic N) is 1. The van der Waals surface area contributed by atoms with E-state index < -0.39 is 0 Å². The van der Waals surface area contributed by atoms with Crippen molar-refractivity contribution in [1.82, 2.24) is 10.2 Å². The second-order valence-electron chi connectivity index (χ2n) is 1.87. The molecule has 0 spiro atoms. The van der Waals surface area contributed by atoms with Gasteiger partial charge in [0.15, 0.2) is 0 Å². The molecule has 0 bridgehead atoms. The van der Waals surface area contributed by atoms with Crippen LogP contribution in [-0.4, -0.2) is 36.2 Å². The summed E-state index contributed by atoms with van der Waals surface area (Å²) in [5.74, 6) is 0. The summed E-state index contributed by atoms with van der Waals surface area (Å²) in [4.78, 5) is 1.90. The van der Waals surface area contributed by atoms with Gasteiger partial charge in [0.25, 0.3) is 0 Å². The predicted molar refractivity (Wildman–Crippen MR) is 34.4 cm³/mol. The molecule has 0 radical (unpaired) electrons.